The summed E-state index contributed by atoms with van der Waals surface area (Å²) in [5, 5.41) is 4.05. The van der Waals surface area contributed by atoms with Crippen LogP contribution in [-0.2, 0) is 9.53 Å². The Morgan fingerprint density at radius 2 is 1.84 bits per heavy atom. The lowest BCUT2D eigenvalue weighted by molar-refractivity contribution is -0.119. The van der Waals surface area contributed by atoms with Gasteiger partial charge in [0.25, 0.3) is 0 Å². The van der Waals surface area contributed by atoms with Gasteiger partial charge in [0, 0.05) is 35.0 Å². The minimum absolute atomic E-state index is 0.0656. The summed E-state index contributed by atoms with van der Waals surface area (Å²) in [6, 6.07) is 7.03. The monoisotopic (exact) mass is 525 g/mol. The molecule has 200 valence electrons. The van der Waals surface area contributed by atoms with Gasteiger partial charge in [-0.1, -0.05) is 33.8 Å². The molecule has 37 heavy (non-hydrogen) atoms. The van der Waals surface area contributed by atoms with E-state index in [-0.39, 0.29) is 29.4 Å². The lowest BCUT2D eigenvalue weighted by Crippen LogP contribution is -2.36. The third-order valence-corrected chi connectivity index (χ3v) is 8.65. The van der Waals surface area contributed by atoms with Gasteiger partial charge in [-0.05, 0) is 69.5 Å². The second kappa shape index (κ2) is 10.7. The first kappa shape index (κ1) is 27.6. The van der Waals surface area contributed by atoms with Gasteiger partial charge in [-0.15, -0.1) is 11.6 Å². The molecule has 0 spiro atoms. The Morgan fingerprint density at radius 1 is 1.16 bits per heavy atom. The number of carbonyl (C=O) groups is 2. The van der Waals surface area contributed by atoms with E-state index in [9.17, 15) is 9.59 Å². The van der Waals surface area contributed by atoms with E-state index >= 15 is 0 Å². The van der Waals surface area contributed by atoms with Crippen molar-refractivity contribution in [2.75, 3.05) is 26.5 Å². The van der Waals surface area contributed by atoms with Crippen LogP contribution in [0.4, 0.5) is 5.69 Å². The number of ether oxygens (including phenoxy) is 1. The molecule has 0 amide bonds. The number of Topliss-reactive ketones (excluding diaryl/α,β-unsaturated/α-hetero) is 2. The van der Waals surface area contributed by atoms with Crippen molar-refractivity contribution in [1.82, 2.24) is 9.88 Å². The number of anilines is 1. The molecular formula is C30H40ClN3O3. The molecule has 0 radical (unpaired) electrons. The molecule has 1 fully saturated rings. The number of pyridine rings is 1. The van der Waals surface area contributed by atoms with Crippen molar-refractivity contribution in [1.29, 1.82) is 0 Å². The summed E-state index contributed by atoms with van der Waals surface area (Å²) in [6.45, 7) is 7.83. The average Bonchev–Trinajstić information content (AvgIpc) is 2.87. The number of aromatic nitrogens is 1. The van der Waals surface area contributed by atoms with Gasteiger partial charge in [-0.2, -0.15) is 0 Å². The van der Waals surface area contributed by atoms with Crippen molar-refractivity contribution in [3.63, 3.8) is 0 Å². The molecule has 2 aliphatic rings. The molecule has 0 saturated heterocycles. The Kier molecular flexibility index (Phi) is 8.01. The minimum atomic E-state index is -0.656. The van der Waals surface area contributed by atoms with Gasteiger partial charge in [0.15, 0.2) is 11.5 Å². The molecule has 1 saturated carbocycles. The largest absolute Gasteiger partial charge is 0.493 e. The predicted molar refractivity (Wildman–Crippen MR) is 151 cm³/mol. The van der Waals surface area contributed by atoms with Gasteiger partial charge in [-0.3, -0.25) is 14.6 Å². The van der Waals surface area contributed by atoms with E-state index in [1.807, 2.05) is 45.9 Å². The Labute approximate surface area is 225 Å². The zero-order chi connectivity index (χ0) is 27.1. The van der Waals surface area contributed by atoms with Crippen LogP contribution in [0.25, 0.3) is 10.9 Å². The van der Waals surface area contributed by atoms with E-state index < -0.39 is 10.8 Å². The average molecular weight is 526 g/mol. The SMILES string of the molecule is COC1=CC(c2ccc3ncc(C(=O)C(C)(C)C)c(NC4CCC(N(C)C)CC4)c3c2)C(C)C(Cl)C1=O. The molecule has 3 unspecified atom stereocenters. The number of ketones is 2. The number of carbonyl (C=O) groups excluding carboxylic acids is 2. The quantitative estimate of drug-likeness (QED) is 0.358. The highest BCUT2D eigenvalue weighted by molar-refractivity contribution is 6.34. The number of hydrogen-bond acceptors (Lipinski definition) is 6. The van der Waals surface area contributed by atoms with Gasteiger partial charge in [0.2, 0.25) is 5.78 Å². The smallest absolute Gasteiger partial charge is 0.215 e. The number of fused-ring (bicyclic) bond motifs is 1. The van der Waals surface area contributed by atoms with Crippen molar-refractivity contribution in [2.24, 2.45) is 11.3 Å². The number of halogens is 1. The number of benzene rings is 1. The number of rotatable bonds is 6. The number of allylic oxidation sites excluding steroid dienone is 2. The van der Waals surface area contributed by atoms with E-state index in [4.69, 9.17) is 16.3 Å². The predicted octanol–water partition coefficient (Wildman–Crippen LogP) is 6.19. The van der Waals surface area contributed by atoms with Gasteiger partial charge in [-0.25, -0.2) is 0 Å². The van der Waals surface area contributed by atoms with Crippen molar-refractivity contribution < 1.29 is 14.3 Å². The zero-order valence-corrected chi connectivity index (χ0v) is 23.9. The van der Waals surface area contributed by atoms with E-state index in [2.05, 4.69) is 35.4 Å². The molecule has 6 nitrogen and oxygen atoms in total. The maximum Gasteiger partial charge on any atom is 0.215 e. The van der Waals surface area contributed by atoms with Crippen molar-refractivity contribution in [2.45, 2.75) is 76.8 Å². The summed E-state index contributed by atoms with van der Waals surface area (Å²) in [6.07, 6.45) is 7.94. The van der Waals surface area contributed by atoms with Crippen LogP contribution in [0.5, 0.6) is 0 Å². The van der Waals surface area contributed by atoms with E-state index in [1.54, 1.807) is 6.20 Å². The van der Waals surface area contributed by atoms with Crippen LogP contribution < -0.4 is 5.32 Å². The number of nitrogens with zero attached hydrogens (tertiary/aromatic N) is 2. The lowest BCUT2D eigenvalue weighted by atomic mass is 9.78. The Hall–Kier alpha value is -2.44. The minimum Gasteiger partial charge on any atom is -0.493 e. The molecule has 4 rings (SSSR count). The molecular weight excluding hydrogens is 486 g/mol. The maximum atomic E-state index is 13.5. The normalized spacial score (nSPS) is 26.8. The third-order valence-electron chi connectivity index (χ3n) is 8.05. The maximum absolute atomic E-state index is 13.5. The number of hydrogen-bond donors (Lipinski definition) is 1. The van der Waals surface area contributed by atoms with Crippen LogP contribution >= 0.6 is 11.6 Å². The summed E-state index contributed by atoms with van der Waals surface area (Å²) in [4.78, 5) is 33.1. The van der Waals surface area contributed by atoms with Crippen LogP contribution in [-0.4, -0.2) is 60.1 Å². The van der Waals surface area contributed by atoms with Crippen molar-refractivity contribution in [3.8, 4) is 0 Å². The molecule has 2 aromatic rings. The highest BCUT2D eigenvalue weighted by atomic mass is 35.5. The van der Waals surface area contributed by atoms with E-state index in [0.29, 0.717) is 17.4 Å². The Balaban J connectivity index is 1.80. The first-order chi connectivity index (χ1) is 17.4. The highest BCUT2D eigenvalue weighted by Gasteiger charge is 2.37. The standard InChI is InChI=1S/C30H40ClN3O3/c1-17-21(15-25(37-7)28(35)26(17)31)18-8-13-24-22(14-18)27(23(16-32-24)29(36)30(2,3)4)33-19-9-11-20(12-10-19)34(5)6/h8,13-17,19-21,26H,9-12H2,1-7H3,(H,32,33). The fraction of sp³-hybridized carbons (Fsp3) is 0.567. The number of nitrogens with one attached hydrogen (secondary N) is 1. The number of methoxy groups -OCH3 is 1. The Bertz CT molecular complexity index is 1210. The van der Waals surface area contributed by atoms with E-state index in [1.165, 1.54) is 7.11 Å². The van der Waals surface area contributed by atoms with Crippen LogP contribution in [0.3, 0.4) is 0 Å². The summed E-state index contributed by atoms with van der Waals surface area (Å²) in [5.41, 5.74) is 2.80. The summed E-state index contributed by atoms with van der Waals surface area (Å²) >= 11 is 6.52. The summed E-state index contributed by atoms with van der Waals surface area (Å²) in [5.74, 6) is -0.00520. The fourth-order valence-electron chi connectivity index (χ4n) is 5.61. The topological polar surface area (TPSA) is 71.5 Å². The third kappa shape index (κ3) is 5.56. The molecule has 1 N–H and O–H groups in total. The van der Waals surface area contributed by atoms with Gasteiger partial charge in [0.05, 0.1) is 23.9 Å². The summed E-state index contributed by atoms with van der Waals surface area (Å²) < 4.78 is 5.35. The van der Waals surface area contributed by atoms with Gasteiger partial charge >= 0.3 is 0 Å². The van der Waals surface area contributed by atoms with Crippen molar-refractivity contribution >= 4 is 39.8 Å². The second-order valence-electron chi connectivity index (χ2n) is 11.9. The molecule has 2 aliphatic carbocycles. The fourth-order valence-corrected chi connectivity index (χ4v) is 5.88. The van der Waals surface area contributed by atoms with Crippen LogP contribution in [0.15, 0.2) is 36.2 Å². The number of alkyl halides is 1. The molecule has 0 aliphatic heterocycles. The first-order valence-corrected chi connectivity index (χ1v) is 13.7. The van der Waals surface area contributed by atoms with E-state index in [0.717, 1.165) is 47.8 Å². The molecule has 1 aromatic heterocycles. The molecule has 7 heteroatoms. The van der Waals surface area contributed by atoms with Crippen molar-refractivity contribution in [3.05, 3.63) is 47.4 Å². The molecule has 0 bridgehead atoms. The Morgan fingerprint density at radius 3 is 2.43 bits per heavy atom. The molecule has 3 atom stereocenters. The van der Waals surface area contributed by atoms with Crippen LogP contribution in [0, 0.1) is 11.3 Å². The van der Waals surface area contributed by atoms with Gasteiger partial charge < -0.3 is 15.0 Å². The summed E-state index contributed by atoms with van der Waals surface area (Å²) in [7, 11) is 5.79. The first-order valence-electron chi connectivity index (χ1n) is 13.3. The lowest BCUT2D eigenvalue weighted by Gasteiger charge is -2.34. The van der Waals surface area contributed by atoms with Crippen LogP contribution in [0.2, 0.25) is 0 Å². The second-order valence-corrected chi connectivity index (χ2v) is 12.4. The molecule has 1 heterocycles. The van der Waals surface area contributed by atoms with Gasteiger partial charge in [0.1, 0.15) is 5.38 Å². The molecule has 1 aromatic carbocycles. The van der Waals surface area contributed by atoms with Crippen LogP contribution in [0.1, 0.15) is 75.2 Å². The zero-order valence-electron chi connectivity index (χ0n) is 23.1. The highest BCUT2D eigenvalue weighted by Crippen LogP contribution is 2.40.